The van der Waals surface area contributed by atoms with E-state index >= 15 is 0 Å². The summed E-state index contributed by atoms with van der Waals surface area (Å²) in [5.41, 5.74) is 0.151. The summed E-state index contributed by atoms with van der Waals surface area (Å²) in [7, 11) is 1.27. The molecule has 0 atom stereocenters. The van der Waals surface area contributed by atoms with Crippen LogP contribution in [-0.2, 0) is 9.53 Å². The number of nitrogens with one attached hydrogen (secondary N) is 1. The van der Waals surface area contributed by atoms with Gasteiger partial charge in [0.15, 0.2) is 12.4 Å². The van der Waals surface area contributed by atoms with E-state index in [9.17, 15) is 9.59 Å². The average molecular weight is 293 g/mol. The Morgan fingerprint density at radius 1 is 1.24 bits per heavy atom. The Morgan fingerprint density at radius 3 is 2.67 bits per heavy atom. The fraction of sp³-hybridized carbons (Fsp3) is 0.571. The van der Waals surface area contributed by atoms with Gasteiger partial charge in [0.25, 0.3) is 5.91 Å². The lowest BCUT2D eigenvalue weighted by atomic mass is 9.95. The molecule has 1 aromatic heterocycles. The zero-order chi connectivity index (χ0) is 15.1. The number of aromatic nitrogens is 2. The second kappa shape index (κ2) is 7.56. The van der Waals surface area contributed by atoms with Crippen molar-refractivity contribution in [2.75, 3.05) is 13.7 Å². The predicted octanol–water partition coefficient (Wildman–Crippen LogP) is 1.09. The van der Waals surface area contributed by atoms with E-state index in [1.807, 2.05) is 0 Å². The van der Waals surface area contributed by atoms with Crippen LogP contribution in [-0.4, -0.2) is 41.8 Å². The van der Waals surface area contributed by atoms with Crippen molar-refractivity contribution in [3.8, 4) is 5.75 Å². The minimum absolute atomic E-state index is 0.151. The summed E-state index contributed by atoms with van der Waals surface area (Å²) in [4.78, 5) is 23.4. The van der Waals surface area contributed by atoms with Crippen LogP contribution in [0.5, 0.6) is 5.75 Å². The van der Waals surface area contributed by atoms with Gasteiger partial charge in [-0.1, -0.05) is 19.3 Å². The minimum Gasteiger partial charge on any atom is -0.481 e. The topological polar surface area (TPSA) is 90.4 Å². The van der Waals surface area contributed by atoms with Crippen LogP contribution in [0.4, 0.5) is 0 Å². The molecule has 0 aliphatic heterocycles. The van der Waals surface area contributed by atoms with Crippen molar-refractivity contribution < 1.29 is 19.1 Å². The normalized spacial score (nSPS) is 15.3. The van der Waals surface area contributed by atoms with Crippen molar-refractivity contribution in [2.24, 2.45) is 0 Å². The SMILES string of the molecule is COC(=O)c1cnncc1OCC(=O)NC1CCCCC1. The molecule has 0 saturated heterocycles. The van der Waals surface area contributed by atoms with Gasteiger partial charge in [-0.15, -0.1) is 0 Å². The Morgan fingerprint density at radius 2 is 1.95 bits per heavy atom. The summed E-state index contributed by atoms with van der Waals surface area (Å²) in [5, 5.41) is 10.2. The maximum atomic E-state index is 11.8. The van der Waals surface area contributed by atoms with Crippen molar-refractivity contribution in [1.29, 1.82) is 0 Å². The Bertz CT molecular complexity index is 501. The molecule has 2 rings (SSSR count). The van der Waals surface area contributed by atoms with Gasteiger partial charge in [0, 0.05) is 6.04 Å². The minimum atomic E-state index is -0.576. The molecular formula is C14H19N3O4. The second-order valence-electron chi connectivity index (χ2n) is 4.95. The van der Waals surface area contributed by atoms with E-state index < -0.39 is 5.97 Å². The molecular weight excluding hydrogens is 274 g/mol. The van der Waals surface area contributed by atoms with Crippen molar-refractivity contribution in [1.82, 2.24) is 15.5 Å². The summed E-state index contributed by atoms with van der Waals surface area (Å²) in [6, 6.07) is 0.227. The first kappa shape index (κ1) is 15.2. The number of ether oxygens (including phenoxy) is 2. The van der Waals surface area contributed by atoms with Crippen LogP contribution in [0.1, 0.15) is 42.5 Å². The number of nitrogens with zero attached hydrogens (tertiary/aromatic N) is 2. The number of hydrogen-bond donors (Lipinski definition) is 1. The zero-order valence-corrected chi connectivity index (χ0v) is 12.0. The predicted molar refractivity (Wildman–Crippen MR) is 73.9 cm³/mol. The molecule has 0 radical (unpaired) electrons. The van der Waals surface area contributed by atoms with E-state index in [0.717, 1.165) is 25.7 Å². The number of carbonyl (C=O) groups excluding carboxylic acids is 2. The molecule has 1 N–H and O–H groups in total. The molecule has 0 unspecified atom stereocenters. The Hall–Kier alpha value is -2.18. The lowest BCUT2D eigenvalue weighted by Gasteiger charge is -2.22. The first-order chi connectivity index (χ1) is 10.2. The maximum absolute atomic E-state index is 11.8. The monoisotopic (exact) mass is 293 g/mol. The number of esters is 1. The zero-order valence-electron chi connectivity index (χ0n) is 12.0. The third-order valence-electron chi connectivity index (χ3n) is 3.43. The quantitative estimate of drug-likeness (QED) is 0.817. The Balaban J connectivity index is 1.87. The van der Waals surface area contributed by atoms with Gasteiger partial charge in [-0.3, -0.25) is 4.79 Å². The molecule has 114 valence electrons. The molecule has 1 aliphatic rings. The summed E-state index contributed by atoms with van der Waals surface area (Å²) in [6.45, 7) is -0.161. The summed E-state index contributed by atoms with van der Waals surface area (Å²) < 4.78 is 9.97. The Labute approximate surface area is 123 Å². The van der Waals surface area contributed by atoms with Gasteiger partial charge >= 0.3 is 5.97 Å². The highest BCUT2D eigenvalue weighted by atomic mass is 16.5. The van der Waals surface area contributed by atoms with Gasteiger partial charge in [0.1, 0.15) is 5.56 Å². The van der Waals surface area contributed by atoms with Crippen molar-refractivity contribution in [3.63, 3.8) is 0 Å². The number of carbonyl (C=O) groups is 2. The summed E-state index contributed by atoms with van der Waals surface area (Å²) >= 11 is 0. The Kier molecular flexibility index (Phi) is 5.48. The molecule has 7 heteroatoms. The van der Waals surface area contributed by atoms with Crippen molar-refractivity contribution in [3.05, 3.63) is 18.0 Å². The highest BCUT2D eigenvalue weighted by molar-refractivity contribution is 5.92. The van der Waals surface area contributed by atoms with Gasteiger partial charge in [-0.25, -0.2) is 4.79 Å². The second-order valence-corrected chi connectivity index (χ2v) is 4.95. The number of rotatable bonds is 5. The highest BCUT2D eigenvalue weighted by Crippen LogP contribution is 2.18. The molecule has 0 bridgehead atoms. The molecule has 21 heavy (non-hydrogen) atoms. The largest absolute Gasteiger partial charge is 0.481 e. The average Bonchev–Trinajstić information content (AvgIpc) is 2.53. The van der Waals surface area contributed by atoms with Crippen LogP contribution in [0.15, 0.2) is 12.4 Å². The molecule has 0 aromatic carbocycles. The summed E-state index contributed by atoms with van der Waals surface area (Å²) in [5.74, 6) is -0.585. The maximum Gasteiger partial charge on any atom is 0.343 e. The highest BCUT2D eigenvalue weighted by Gasteiger charge is 2.18. The summed E-state index contributed by atoms with van der Waals surface area (Å²) in [6.07, 6.45) is 8.08. The van der Waals surface area contributed by atoms with Crippen LogP contribution in [0.2, 0.25) is 0 Å². The van der Waals surface area contributed by atoms with E-state index in [1.165, 1.54) is 25.9 Å². The van der Waals surface area contributed by atoms with Crippen LogP contribution < -0.4 is 10.1 Å². The lowest BCUT2D eigenvalue weighted by molar-refractivity contribution is -0.124. The lowest BCUT2D eigenvalue weighted by Crippen LogP contribution is -2.39. The first-order valence-electron chi connectivity index (χ1n) is 7.02. The van der Waals surface area contributed by atoms with Crippen LogP contribution in [0.25, 0.3) is 0 Å². The molecule has 1 heterocycles. The molecule has 1 fully saturated rings. The van der Waals surface area contributed by atoms with E-state index in [4.69, 9.17) is 4.74 Å². The molecule has 1 aliphatic carbocycles. The molecule has 7 nitrogen and oxygen atoms in total. The van der Waals surface area contributed by atoms with Crippen LogP contribution in [0.3, 0.4) is 0 Å². The van der Waals surface area contributed by atoms with E-state index in [2.05, 4.69) is 20.3 Å². The molecule has 1 saturated carbocycles. The van der Waals surface area contributed by atoms with Crippen LogP contribution >= 0.6 is 0 Å². The van der Waals surface area contributed by atoms with Gasteiger partial charge in [-0.2, -0.15) is 10.2 Å². The molecule has 0 spiro atoms. The van der Waals surface area contributed by atoms with Gasteiger partial charge in [0.05, 0.1) is 19.5 Å². The van der Waals surface area contributed by atoms with Gasteiger partial charge in [-0.05, 0) is 12.8 Å². The molecule has 1 aromatic rings. The van der Waals surface area contributed by atoms with Gasteiger partial charge in [0.2, 0.25) is 0 Å². The number of amides is 1. The fourth-order valence-corrected chi connectivity index (χ4v) is 2.35. The smallest absolute Gasteiger partial charge is 0.343 e. The van der Waals surface area contributed by atoms with Crippen LogP contribution in [0, 0.1) is 0 Å². The van der Waals surface area contributed by atoms with Crippen molar-refractivity contribution in [2.45, 2.75) is 38.1 Å². The third kappa shape index (κ3) is 4.40. The van der Waals surface area contributed by atoms with E-state index in [-0.39, 0.29) is 29.9 Å². The standard InChI is InChI=1S/C14H19N3O4/c1-20-14(19)11-7-15-16-8-12(11)21-9-13(18)17-10-5-3-2-4-6-10/h7-8,10H,2-6,9H2,1H3,(H,17,18). The fourth-order valence-electron chi connectivity index (χ4n) is 2.35. The van der Waals surface area contributed by atoms with Gasteiger partial charge < -0.3 is 14.8 Å². The third-order valence-corrected chi connectivity index (χ3v) is 3.43. The molecule has 1 amide bonds. The number of methoxy groups -OCH3 is 1. The van der Waals surface area contributed by atoms with E-state index in [1.54, 1.807) is 0 Å². The van der Waals surface area contributed by atoms with Crippen molar-refractivity contribution >= 4 is 11.9 Å². The number of hydrogen-bond acceptors (Lipinski definition) is 6. The van der Waals surface area contributed by atoms with E-state index in [0.29, 0.717) is 0 Å². The first-order valence-corrected chi connectivity index (χ1v) is 7.02.